The van der Waals surface area contributed by atoms with Crippen LogP contribution in [0.3, 0.4) is 0 Å². The molecule has 1 unspecified atom stereocenters. The van der Waals surface area contributed by atoms with Crippen LogP contribution >= 0.6 is 0 Å². The van der Waals surface area contributed by atoms with Crippen molar-refractivity contribution in [3.63, 3.8) is 0 Å². The van der Waals surface area contributed by atoms with Crippen molar-refractivity contribution in [3.8, 4) is 0 Å². The van der Waals surface area contributed by atoms with Gasteiger partial charge in [-0.1, -0.05) is 44.2 Å². The van der Waals surface area contributed by atoms with Crippen molar-refractivity contribution in [2.75, 3.05) is 10.6 Å². The van der Waals surface area contributed by atoms with Gasteiger partial charge in [0.15, 0.2) is 0 Å². The molecule has 0 spiro atoms. The molecule has 0 aliphatic heterocycles. The number of amides is 3. The molecule has 0 radical (unpaired) electrons. The molecule has 5 heteroatoms. The molecule has 0 heterocycles. The summed E-state index contributed by atoms with van der Waals surface area (Å²) in [5.74, 6) is 0.568. The van der Waals surface area contributed by atoms with Gasteiger partial charge < -0.3 is 16.0 Å². The third kappa shape index (κ3) is 6.97. The Labute approximate surface area is 155 Å². The minimum absolute atomic E-state index is 0.0145. The van der Waals surface area contributed by atoms with E-state index in [4.69, 9.17) is 0 Å². The Hall–Kier alpha value is -2.82. The maximum Gasteiger partial charge on any atom is 0.323 e. The molecule has 2 aromatic rings. The van der Waals surface area contributed by atoms with Gasteiger partial charge in [-0.25, -0.2) is 4.79 Å². The van der Waals surface area contributed by atoms with Gasteiger partial charge in [-0.15, -0.1) is 0 Å². The van der Waals surface area contributed by atoms with Crippen molar-refractivity contribution in [3.05, 3.63) is 60.2 Å². The maximum absolute atomic E-state index is 12.1. The van der Waals surface area contributed by atoms with Crippen molar-refractivity contribution in [1.82, 2.24) is 5.32 Å². The molecule has 1 atom stereocenters. The fourth-order valence-electron chi connectivity index (χ4n) is 2.80. The maximum atomic E-state index is 12.1. The molecule has 0 saturated carbocycles. The fraction of sp³-hybridized carbons (Fsp3) is 0.333. The van der Waals surface area contributed by atoms with Crippen LogP contribution in [-0.4, -0.2) is 18.0 Å². The molecule has 2 aromatic carbocycles. The second kappa shape index (κ2) is 9.61. The standard InChI is InChI=1S/C21H27N3O2/c1-15(2)13-16(3)22-20(25)14-17-9-11-19(12-10-17)24-21(26)23-18-7-5-4-6-8-18/h4-12,15-16H,13-14H2,1-3H3,(H,22,25)(H2,23,24,26). The van der Waals surface area contributed by atoms with E-state index >= 15 is 0 Å². The minimum atomic E-state index is -0.302. The third-order valence-electron chi connectivity index (χ3n) is 3.84. The predicted molar refractivity (Wildman–Crippen MR) is 106 cm³/mol. The first-order chi connectivity index (χ1) is 12.4. The second-order valence-electron chi connectivity index (χ2n) is 6.92. The number of carbonyl (C=O) groups is 2. The quantitative estimate of drug-likeness (QED) is 0.689. The van der Waals surface area contributed by atoms with Crippen LogP contribution in [0.25, 0.3) is 0 Å². The van der Waals surface area contributed by atoms with Crippen molar-refractivity contribution >= 4 is 23.3 Å². The molecule has 0 aromatic heterocycles. The van der Waals surface area contributed by atoms with Gasteiger partial charge >= 0.3 is 6.03 Å². The third-order valence-corrected chi connectivity index (χ3v) is 3.84. The molecule has 138 valence electrons. The summed E-state index contributed by atoms with van der Waals surface area (Å²) in [6.45, 7) is 6.31. The largest absolute Gasteiger partial charge is 0.353 e. The summed E-state index contributed by atoms with van der Waals surface area (Å²) >= 11 is 0. The minimum Gasteiger partial charge on any atom is -0.353 e. The summed E-state index contributed by atoms with van der Waals surface area (Å²) < 4.78 is 0. The van der Waals surface area contributed by atoms with Gasteiger partial charge in [0.25, 0.3) is 0 Å². The van der Waals surface area contributed by atoms with E-state index in [1.807, 2.05) is 49.4 Å². The first-order valence-corrected chi connectivity index (χ1v) is 8.93. The Morgan fingerprint density at radius 2 is 1.42 bits per heavy atom. The average molecular weight is 353 g/mol. The highest BCUT2D eigenvalue weighted by Gasteiger charge is 2.10. The van der Waals surface area contributed by atoms with Gasteiger partial charge in [0, 0.05) is 17.4 Å². The Morgan fingerprint density at radius 1 is 0.846 bits per heavy atom. The van der Waals surface area contributed by atoms with Crippen LogP contribution in [-0.2, 0) is 11.2 Å². The summed E-state index contributed by atoms with van der Waals surface area (Å²) in [5.41, 5.74) is 2.32. The van der Waals surface area contributed by atoms with E-state index in [9.17, 15) is 9.59 Å². The Morgan fingerprint density at radius 3 is 2.00 bits per heavy atom. The van der Waals surface area contributed by atoms with E-state index in [1.54, 1.807) is 12.1 Å². The monoisotopic (exact) mass is 353 g/mol. The number of nitrogens with one attached hydrogen (secondary N) is 3. The van der Waals surface area contributed by atoms with Gasteiger partial charge in [0.05, 0.1) is 6.42 Å². The van der Waals surface area contributed by atoms with Gasteiger partial charge in [0.2, 0.25) is 5.91 Å². The van der Waals surface area contributed by atoms with Crippen LogP contribution in [0.5, 0.6) is 0 Å². The lowest BCUT2D eigenvalue weighted by Crippen LogP contribution is -2.34. The first kappa shape index (κ1) is 19.5. The van der Waals surface area contributed by atoms with Crippen LogP contribution in [0.1, 0.15) is 32.8 Å². The lowest BCUT2D eigenvalue weighted by Gasteiger charge is -2.16. The fourth-order valence-corrected chi connectivity index (χ4v) is 2.80. The van der Waals surface area contributed by atoms with E-state index in [0.29, 0.717) is 18.0 Å². The molecule has 3 amide bonds. The smallest absolute Gasteiger partial charge is 0.323 e. The zero-order chi connectivity index (χ0) is 18.9. The summed E-state index contributed by atoms with van der Waals surface area (Å²) in [5, 5.41) is 8.55. The number of rotatable bonds is 7. The normalized spacial score (nSPS) is 11.7. The second-order valence-corrected chi connectivity index (χ2v) is 6.92. The van der Waals surface area contributed by atoms with Crippen molar-refractivity contribution in [2.45, 2.75) is 39.7 Å². The van der Waals surface area contributed by atoms with E-state index in [-0.39, 0.29) is 18.0 Å². The highest BCUT2D eigenvalue weighted by atomic mass is 16.2. The molecule has 0 bridgehead atoms. The molecule has 3 N–H and O–H groups in total. The average Bonchev–Trinajstić information content (AvgIpc) is 2.56. The number of urea groups is 1. The summed E-state index contributed by atoms with van der Waals surface area (Å²) in [4.78, 5) is 24.0. The number of anilines is 2. The molecule has 26 heavy (non-hydrogen) atoms. The molecule has 5 nitrogen and oxygen atoms in total. The number of para-hydroxylation sites is 1. The molecule has 0 aliphatic rings. The summed E-state index contributed by atoms with van der Waals surface area (Å²) in [6.07, 6.45) is 1.30. The summed E-state index contributed by atoms with van der Waals surface area (Å²) in [7, 11) is 0. The lowest BCUT2D eigenvalue weighted by molar-refractivity contribution is -0.121. The van der Waals surface area contributed by atoms with Crippen molar-refractivity contribution < 1.29 is 9.59 Å². The van der Waals surface area contributed by atoms with Crippen molar-refractivity contribution in [2.24, 2.45) is 5.92 Å². The molecule has 0 saturated heterocycles. The van der Waals surface area contributed by atoms with Crippen LogP contribution in [0.2, 0.25) is 0 Å². The highest BCUT2D eigenvalue weighted by molar-refractivity contribution is 5.99. The number of hydrogen-bond acceptors (Lipinski definition) is 2. The van der Waals surface area contributed by atoms with Gasteiger partial charge in [-0.05, 0) is 49.1 Å². The van der Waals surface area contributed by atoms with Gasteiger partial charge in [0.1, 0.15) is 0 Å². The van der Waals surface area contributed by atoms with Gasteiger partial charge in [-0.3, -0.25) is 4.79 Å². The number of carbonyl (C=O) groups excluding carboxylic acids is 2. The van der Waals surface area contributed by atoms with Gasteiger partial charge in [-0.2, -0.15) is 0 Å². The first-order valence-electron chi connectivity index (χ1n) is 8.93. The van der Waals surface area contributed by atoms with E-state index < -0.39 is 0 Å². The van der Waals surface area contributed by atoms with E-state index in [0.717, 1.165) is 17.7 Å². The van der Waals surface area contributed by atoms with Crippen LogP contribution < -0.4 is 16.0 Å². The molecular formula is C21H27N3O2. The summed E-state index contributed by atoms with van der Waals surface area (Å²) in [6, 6.07) is 16.4. The molecular weight excluding hydrogens is 326 g/mol. The Balaban J connectivity index is 1.82. The van der Waals surface area contributed by atoms with Crippen LogP contribution in [0.4, 0.5) is 16.2 Å². The lowest BCUT2D eigenvalue weighted by atomic mass is 10.0. The Bertz CT molecular complexity index is 712. The number of hydrogen-bond donors (Lipinski definition) is 3. The molecule has 0 aliphatic carbocycles. The Kier molecular flexibility index (Phi) is 7.21. The molecule has 0 fully saturated rings. The van der Waals surface area contributed by atoms with E-state index in [1.165, 1.54) is 0 Å². The topological polar surface area (TPSA) is 70.2 Å². The van der Waals surface area contributed by atoms with Crippen molar-refractivity contribution in [1.29, 1.82) is 0 Å². The highest BCUT2D eigenvalue weighted by Crippen LogP contribution is 2.12. The zero-order valence-electron chi connectivity index (χ0n) is 15.6. The van der Waals surface area contributed by atoms with Crippen LogP contribution in [0.15, 0.2) is 54.6 Å². The van der Waals surface area contributed by atoms with E-state index in [2.05, 4.69) is 29.8 Å². The predicted octanol–water partition coefficient (Wildman–Crippen LogP) is 4.42. The molecule has 2 rings (SSSR count). The zero-order valence-corrected chi connectivity index (χ0v) is 15.6. The SMILES string of the molecule is CC(C)CC(C)NC(=O)Cc1ccc(NC(=O)Nc2ccccc2)cc1. The number of benzene rings is 2. The van der Waals surface area contributed by atoms with Crippen LogP contribution in [0, 0.1) is 5.92 Å².